The molecule has 0 aromatic rings. The summed E-state index contributed by atoms with van der Waals surface area (Å²) in [6.07, 6.45) is 0. The number of hydrogen-bond donors (Lipinski definition) is 2. The lowest BCUT2D eigenvalue weighted by atomic mass is 11.5. The van der Waals surface area contributed by atoms with Crippen molar-refractivity contribution in [2.45, 2.75) is 0 Å². The van der Waals surface area contributed by atoms with E-state index in [0.717, 1.165) is 4.53 Å². The van der Waals surface area contributed by atoms with Gasteiger partial charge in [0.2, 0.25) is 0 Å². The predicted octanol–water partition coefficient (Wildman–Crippen LogP) is -0.550. The normalized spacial score (nSPS) is 9.60. The second kappa shape index (κ2) is 2.41. The largest absolute Gasteiger partial charge is 0.257 e. The molecule has 0 aromatic heterocycles. The molecule has 5 heavy (non-hydrogen) atoms. The molecule has 0 unspecified atom stereocenters. The van der Waals surface area contributed by atoms with Gasteiger partial charge >= 0.3 is 0 Å². The predicted molar refractivity (Wildman–Crippen MR) is 20.9 cm³/mol. The van der Waals surface area contributed by atoms with Crippen LogP contribution in [-0.2, 0) is 0 Å². The molecule has 0 saturated heterocycles. The number of rotatable bonds is 1. The van der Waals surface area contributed by atoms with Crippen molar-refractivity contribution in [1.82, 2.24) is 10.1 Å². The van der Waals surface area contributed by atoms with Crippen molar-refractivity contribution in [2.75, 3.05) is 7.05 Å². The van der Waals surface area contributed by atoms with E-state index in [1.54, 1.807) is 7.05 Å². The molecule has 3 N–H and O–H groups in total. The summed E-state index contributed by atoms with van der Waals surface area (Å²) < 4.78 is 1.12. The molecule has 0 heterocycles. The van der Waals surface area contributed by atoms with Gasteiger partial charge in [0, 0.05) is 7.05 Å². The van der Waals surface area contributed by atoms with Crippen LogP contribution in [0.25, 0.3) is 0 Å². The summed E-state index contributed by atoms with van der Waals surface area (Å²) in [5, 5.41) is 0. The van der Waals surface area contributed by atoms with Crippen LogP contribution in [0, 0.1) is 0 Å². The van der Waals surface area contributed by atoms with E-state index in [-0.39, 0.29) is 0 Å². The van der Waals surface area contributed by atoms with E-state index in [0.29, 0.717) is 0 Å². The lowest BCUT2D eigenvalue weighted by Crippen LogP contribution is -2.32. The van der Waals surface area contributed by atoms with E-state index in [1.807, 2.05) is 0 Å². The maximum atomic E-state index is 5.06. The summed E-state index contributed by atoms with van der Waals surface area (Å²) in [6, 6.07) is 0. The monoisotopic (exact) mass is 95.0 g/mol. The Hall–Kier alpha value is 0.170. The van der Waals surface area contributed by atoms with Gasteiger partial charge < -0.3 is 0 Å². The van der Waals surface area contributed by atoms with Crippen LogP contribution in [0.2, 0.25) is 0 Å². The van der Waals surface area contributed by atoms with Crippen molar-refractivity contribution in [3.05, 3.63) is 0 Å². The van der Waals surface area contributed by atoms with Gasteiger partial charge in [-0.3, -0.25) is 5.84 Å². The van der Waals surface area contributed by atoms with Gasteiger partial charge in [0.05, 0.1) is 0 Å². The summed E-state index contributed by atoms with van der Waals surface area (Å²) >= 11 is 5.06. The molecule has 3 nitrogen and oxygen atoms in total. The number of hydrogen-bond acceptors (Lipinski definition) is 3. The third-order valence-electron chi connectivity index (χ3n) is 0.178. The highest BCUT2D eigenvalue weighted by molar-refractivity contribution is 6.12. The molecular weight excluding hydrogens is 89.5 g/mol. The Kier molecular flexibility index (Phi) is 2.49. The first kappa shape index (κ1) is 5.17. The van der Waals surface area contributed by atoms with E-state index in [2.05, 4.69) is 5.53 Å². The van der Waals surface area contributed by atoms with E-state index in [9.17, 15) is 0 Å². The molecule has 32 valence electrons. The second-order valence-electron chi connectivity index (χ2n) is 0.606. The van der Waals surface area contributed by atoms with Crippen molar-refractivity contribution in [1.29, 1.82) is 0 Å². The zero-order valence-electron chi connectivity index (χ0n) is 2.90. The lowest BCUT2D eigenvalue weighted by molar-refractivity contribution is 0.411. The maximum Gasteiger partial charge on any atom is 0.0196 e. The molecule has 0 aliphatic heterocycles. The van der Waals surface area contributed by atoms with E-state index in [4.69, 9.17) is 17.6 Å². The van der Waals surface area contributed by atoms with Crippen LogP contribution >= 0.6 is 11.8 Å². The molecule has 0 saturated carbocycles. The van der Waals surface area contributed by atoms with Crippen molar-refractivity contribution in [2.24, 2.45) is 5.84 Å². The lowest BCUT2D eigenvalue weighted by Gasteiger charge is -1.98. The van der Waals surface area contributed by atoms with Gasteiger partial charge in [0.15, 0.2) is 0 Å². The quantitative estimate of drug-likeness (QED) is 0.261. The molecule has 0 aliphatic rings. The Balaban J connectivity index is 2.54. The minimum atomic E-state index is 1.12. The molecule has 0 bridgehead atoms. The van der Waals surface area contributed by atoms with Gasteiger partial charge in [-0.05, 0) is 11.8 Å². The van der Waals surface area contributed by atoms with Gasteiger partial charge in [0.25, 0.3) is 0 Å². The van der Waals surface area contributed by atoms with Crippen molar-refractivity contribution < 1.29 is 0 Å². The molecular formula is CH6ClN3. The van der Waals surface area contributed by atoms with E-state index >= 15 is 0 Å². The second-order valence-corrected chi connectivity index (χ2v) is 1.11. The van der Waals surface area contributed by atoms with Gasteiger partial charge in [-0.2, -0.15) is 5.53 Å². The van der Waals surface area contributed by atoms with Gasteiger partial charge in [-0.25, -0.2) is 0 Å². The fourth-order valence-electron chi connectivity index (χ4n) is 0. The van der Waals surface area contributed by atoms with Crippen molar-refractivity contribution in [3.8, 4) is 0 Å². The molecule has 0 spiro atoms. The van der Waals surface area contributed by atoms with Crippen LogP contribution in [0.1, 0.15) is 0 Å². The van der Waals surface area contributed by atoms with Crippen LogP contribution in [0.4, 0.5) is 0 Å². The van der Waals surface area contributed by atoms with Crippen LogP contribution in [0.3, 0.4) is 0 Å². The zero-order valence-corrected chi connectivity index (χ0v) is 3.66. The summed E-state index contributed by atoms with van der Waals surface area (Å²) in [5.74, 6) is 4.72. The number of nitrogens with zero attached hydrogens (tertiary/aromatic N) is 1. The fraction of sp³-hybridized carbons (Fsp3) is 1.00. The summed E-state index contributed by atoms with van der Waals surface area (Å²) in [6.45, 7) is 0. The average molecular weight is 95.5 g/mol. The average Bonchev–Trinajstić information content (AvgIpc) is 1.38. The molecule has 0 radical (unpaired) electrons. The molecule has 4 heteroatoms. The highest BCUT2D eigenvalue weighted by Gasteiger charge is 1.73. The number of hydrazine groups is 2. The Morgan fingerprint density at radius 1 is 2.00 bits per heavy atom. The minimum Gasteiger partial charge on any atom is -0.257 e. The SMILES string of the molecule is CN(Cl)NN. The molecule has 0 fully saturated rings. The highest BCUT2D eigenvalue weighted by atomic mass is 35.5. The van der Waals surface area contributed by atoms with Gasteiger partial charge in [-0.15, -0.1) is 4.53 Å². The Morgan fingerprint density at radius 3 is 2.20 bits per heavy atom. The van der Waals surface area contributed by atoms with Gasteiger partial charge in [0.1, 0.15) is 0 Å². The van der Waals surface area contributed by atoms with E-state index in [1.165, 1.54) is 0 Å². The first-order chi connectivity index (χ1) is 2.27. The van der Waals surface area contributed by atoms with Crippen LogP contribution in [-0.4, -0.2) is 11.6 Å². The van der Waals surface area contributed by atoms with Gasteiger partial charge in [-0.1, -0.05) is 0 Å². The standard InChI is InChI=1S/CH6ClN3/c1-5(2)4-3/h4H,3H2,1H3. The summed E-state index contributed by atoms with van der Waals surface area (Å²) in [4.78, 5) is 0. The Morgan fingerprint density at radius 2 is 2.20 bits per heavy atom. The smallest absolute Gasteiger partial charge is 0.0196 e. The summed E-state index contributed by atoms with van der Waals surface area (Å²) in [7, 11) is 1.58. The van der Waals surface area contributed by atoms with Crippen molar-refractivity contribution in [3.63, 3.8) is 0 Å². The zero-order chi connectivity index (χ0) is 4.28. The molecule has 0 aliphatic carbocycles. The fourth-order valence-corrected chi connectivity index (χ4v) is 0. The topological polar surface area (TPSA) is 41.3 Å². The minimum absolute atomic E-state index is 1.12. The van der Waals surface area contributed by atoms with Crippen LogP contribution in [0.5, 0.6) is 0 Å². The Labute approximate surface area is 35.7 Å². The maximum absolute atomic E-state index is 5.06. The molecule has 0 amide bonds. The third-order valence-corrected chi connectivity index (χ3v) is 0.275. The van der Waals surface area contributed by atoms with E-state index < -0.39 is 0 Å². The molecule has 0 atom stereocenters. The highest BCUT2D eigenvalue weighted by Crippen LogP contribution is 1.70. The first-order valence-corrected chi connectivity index (χ1v) is 1.47. The van der Waals surface area contributed by atoms with Crippen LogP contribution < -0.4 is 11.4 Å². The number of halogens is 1. The first-order valence-electron chi connectivity index (χ1n) is 1.13. The Bertz CT molecular complexity index is 20.9. The molecule has 0 rings (SSSR count). The van der Waals surface area contributed by atoms with Crippen molar-refractivity contribution >= 4 is 11.8 Å². The molecule has 0 aromatic carbocycles. The number of nitrogens with two attached hydrogens (primary N) is 1. The summed E-state index contributed by atoms with van der Waals surface area (Å²) in [5.41, 5.74) is 2.13. The third kappa shape index (κ3) is 4.17. The van der Waals surface area contributed by atoms with Crippen LogP contribution in [0.15, 0.2) is 0 Å². The number of nitrogens with one attached hydrogen (secondary N) is 1.